The van der Waals surface area contributed by atoms with Crippen molar-refractivity contribution in [3.8, 4) is 23.0 Å². The van der Waals surface area contributed by atoms with Crippen molar-refractivity contribution >= 4 is 24.6 Å². The molecule has 0 saturated heterocycles. The van der Waals surface area contributed by atoms with Gasteiger partial charge in [-0.1, -0.05) is 0 Å². The van der Waals surface area contributed by atoms with Gasteiger partial charge in [0.1, 0.15) is 0 Å². The molecule has 0 fully saturated rings. The van der Waals surface area contributed by atoms with Crippen molar-refractivity contribution in [3.05, 3.63) is 119 Å². The van der Waals surface area contributed by atoms with Gasteiger partial charge in [-0.3, -0.25) is 0 Å². The number of hydrogen-bond donors (Lipinski definition) is 3. The topological polar surface area (TPSA) is 150 Å². The molecule has 0 aliphatic heterocycles. The molecule has 0 radical (unpaired) electrons. The zero-order chi connectivity index (χ0) is 33.5. The van der Waals surface area contributed by atoms with Gasteiger partial charge in [0, 0.05) is 0 Å². The molecule has 0 bridgehead atoms. The number of benzene rings is 4. The fraction of sp³-hybridized carbons (Fsp3) is 0.250. The first kappa shape index (κ1) is 36.7. The number of rotatable bonds is 19. The van der Waals surface area contributed by atoms with E-state index in [1.165, 1.54) is 0 Å². The van der Waals surface area contributed by atoms with Crippen molar-refractivity contribution in [2.75, 3.05) is 28.4 Å². The van der Waals surface area contributed by atoms with Gasteiger partial charge in [0.05, 0.1) is 0 Å². The van der Waals surface area contributed by atoms with Gasteiger partial charge in [-0.2, -0.15) is 0 Å². The molecule has 0 spiro atoms. The van der Waals surface area contributed by atoms with E-state index < -0.39 is 24.6 Å². The van der Waals surface area contributed by atoms with Gasteiger partial charge in [-0.25, -0.2) is 0 Å². The Morgan fingerprint density at radius 3 is 1.19 bits per heavy atom. The van der Waals surface area contributed by atoms with Crippen LogP contribution in [0, 0.1) is 0 Å². The number of ether oxygens (including phenoxy) is 4. The van der Waals surface area contributed by atoms with Crippen LogP contribution in [0.15, 0.2) is 102 Å². The van der Waals surface area contributed by atoms with E-state index in [1.54, 1.807) is 28.4 Å². The fourth-order valence-electron chi connectivity index (χ4n) is 4.48. The zero-order valence-electron chi connectivity index (χ0n) is 26.9. The Labute approximate surface area is 278 Å². The van der Waals surface area contributed by atoms with Crippen LogP contribution in [-0.2, 0) is 44.5 Å². The number of hydrogen-bond acceptors (Lipinski definition) is 10. The maximum absolute atomic E-state index is 6.58. The van der Waals surface area contributed by atoms with E-state index in [0.717, 1.165) is 22.3 Å². The van der Waals surface area contributed by atoms with E-state index in [9.17, 15) is 0 Å². The molecule has 254 valence electrons. The quantitative estimate of drug-likeness (QED) is 0.0847. The van der Waals surface area contributed by atoms with Crippen LogP contribution in [0.25, 0.3) is 0 Å². The third-order valence-electron chi connectivity index (χ3n) is 6.80. The molecule has 0 amide bonds. The first-order valence-corrected chi connectivity index (χ1v) is 19.1. The monoisotopic (exact) mass is 704 g/mol. The Bertz CT molecular complexity index is 1490. The normalized spacial score (nSPS) is 11.8. The molecule has 12 nitrogen and oxygen atoms in total. The molecule has 0 heterocycles. The molecule has 0 unspecified atom stereocenters. The van der Waals surface area contributed by atoms with Gasteiger partial charge >= 0.3 is 279 Å². The molecule has 47 heavy (non-hydrogen) atoms. The van der Waals surface area contributed by atoms with Crippen LogP contribution in [0.5, 0.6) is 23.0 Å². The molecule has 4 aromatic rings. The van der Waals surface area contributed by atoms with Crippen molar-refractivity contribution < 1.29 is 37.0 Å². The van der Waals surface area contributed by atoms with Crippen LogP contribution in [0.2, 0.25) is 0 Å². The summed E-state index contributed by atoms with van der Waals surface area (Å²) in [5.41, 5.74) is 15.6. The van der Waals surface area contributed by atoms with E-state index in [2.05, 4.69) is 4.86 Å². The molecule has 0 aliphatic rings. The zero-order valence-corrected chi connectivity index (χ0v) is 29.8. The average molecular weight is 705 g/mol. The summed E-state index contributed by atoms with van der Waals surface area (Å²) in [5, 5.41) is 0. The Hall–Kier alpha value is -3.11. The van der Waals surface area contributed by atoms with Crippen LogP contribution in [0.3, 0.4) is 0 Å². The van der Waals surface area contributed by atoms with Gasteiger partial charge in [0.25, 0.3) is 0 Å². The van der Waals surface area contributed by atoms with Gasteiger partial charge < -0.3 is 0 Å². The molecule has 0 aliphatic carbocycles. The summed E-state index contributed by atoms with van der Waals surface area (Å²) in [5.74, 6) is 2.64. The Kier molecular flexibility index (Phi) is 14.9. The Morgan fingerprint density at radius 2 is 0.872 bits per heavy atom. The van der Waals surface area contributed by atoms with Crippen LogP contribution in [-0.4, -0.2) is 28.4 Å². The predicted octanol–water partition coefficient (Wildman–Crippen LogP) is 7.26. The number of nitrogens with two attached hydrogens (primary N) is 2. The van der Waals surface area contributed by atoms with Gasteiger partial charge in [-0.15, -0.1) is 0 Å². The second-order valence-corrected chi connectivity index (χ2v) is 15.3. The summed E-state index contributed by atoms with van der Waals surface area (Å²) >= 11 is 0. The SMILES string of the molecule is COc1ccccc1COP(N[PH](N=[PH](N)N)(OCc1ccccc1OC)OCc1ccccc1OC)OCc1ccccc1OC. The van der Waals surface area contributed by atoms with Crippen molar-refractivity contribution in [1.29, 1.82) is 0 Å². The number of methoxy groups -OCH3 is 4. The van der Waals surface area contributed by atoms with Crippen LogP contribution in [0.1, 0.15) is 22.3 Å². The predicted molar refractivity (Wildman–Crippen MR) is 189 cm³/mol. The third kappa shape index (κ3) is 11.0. The molecule has 4 aromatic carbocycles. The minimum absolute atomic E-state index is 0.0794. The number of para-hydroxylation sites is 4. The summed E-state index contributed by atoms with van der Waals surface area (Å²) in [6.45, 7) is 0.467. The van der Waals surface area contributed by atoms with Crippen LogP contribution in [0.4, 0.5) is 0 Å². The molecule has 15 heteroatoms. The second-order valence-electron chi connectivity index (χ2n) is 9.86. The minimum atomic E-state index is -3.90. The van der Waals surface area contributed by atoms with E-state index in [4.69, 9.17) is 52.6 Å². The van der Waals surface area contributed by atoms with E-state index >= 15 is 0 Å². The van der Waals surface area contributed by atoms with Gasteiger partial charge in [-0.05, 0) is 0 Å². The number of nitrogens with zero attached hydrogens (tertiary/aromatic N) is 1. The Morgan fingerprint density at radius 1 is 0.553 bits per heavy atom. The summed E-state index contributed by atoms with van der Waals surface area (Å²) < 4.78 is 52.9. The van der Waals surface area contributed by atoms with Crippen LogP contribution < -0.4 is 34.8 Å². The molecule has 5 N–H and O–H groups in total. The first-order valence-electron chi connectivity index (χ1n) is 14.6. The standard InChI is InChI=1S/C32H43N4O8P3/c1-37-29-17-9-5-13-25(29)21-41-46(42-22-26-14-6-10-18-30(26)38-2)36-47(35-45(33)34,43-23-27-15-7-11-19-31(27)39-3)44-24-28-16-8-12-20-32(28)40-4/h5-20,36,45,47H,21-24H2,1-4H3,(H4,33,34,35). The molecule has 0 aromatic heterocycles. The van der Waals surface area contributed by atoms with Gasteiger partial charge in [0.15, 0.2) is 0 Å². The summed E-state index contributed by atoms with van der Waals surface area (Å²) in [6.07, 6.45) is 0. The molecule has 0 saturated carbocycles. The number of nitrogens with one attached hydrogen (secondary N) is 1. The van der Waals surface area contributed by atoms with Crippen molar-refractivity contribution in [3.63, 3.8) is 0 Å². The third-order valence-corrected chi connectivity index (χ3v) is 12.7. The summed E-state index contributed by atoms with van der Waals surface area (Å²) in [7, 11) is -1.69. The molecule has 4 rings (SSSR count). The second kappa shape index (κ2) is 19.0. The molecule has 0 atom stereocenters. The van der Waals surface area contributed by atoms with Crippen molar-refractivity contribution in [2.45, 2.75) is 26.4 Å². The van der Waals surface area contributed by atoms with E-state index in [0.29, 0.717) is 23.0 Å². The van der Waals surface area contributed by atoms with Crippen LogP contribution >= 0.6 is 24.6 Å². The Balaban J connectivity index is 1.70. The average Bonchev–Trinajstić information content (AvgIpc) is 3.11. The molecular formula is C32H43N4O8P3. The summed E-state index contributed by atoms with van der Waals surface area (Å²) in [4.78, 5) is 3.38. The first-order chi connectivity index (χ1) is 22.9. The molecular weight excluding hydrogens is 661 g/mol. The fourth-order valence-corrected chi connectivity index (χ4v) is 10.3. The van der Waals surface area contributed by atoms with Gasteiger partial charge in [0.2, 0.25) is 0 Å². The maximum atomic E-state index is 6.58. The van der Waals surface area contributed by atoms with E-state index in [1.807, 2.05) is 97.1 Å². The summed E-state index contributed by atoms with van der Waals surface area (Å²) in [6, 6.07) is 30.2. The van der Waals surface area contributed by atoms with E-state index in [-0.39, 0.29) is 26.4 Å². The van der Waals surface area contributed by atoms with Crippen molar-refractivity contribution in [2.24, 2.45) is 15.5 Å². The van der Waals surface area contributed by atoms with Crippen molar-refractivity contribution in [1.82, 2.24) is 4.86 Å².